The molecular weight excluding hydrogens is 373 g/mol. The van der Waals surface area contributed by atoms with Crippen LogP contribution in [0.4, 0.5) is 24.5 Å². The minimum Gasteiger partial charge on any atom is -0.386 e. The number of nitrogens with one attached hydrogen (secondary N) is 1. The number of rotatable bonds is 3. The number of para-hydroxylation sites is 1. The normalized spacial score (nSPS) is 17.6. The Balaban J connectivity index is 1.87. The Morgan fingerprint density at radius 3 is 2.61 bits per heavy atom. The van der Waals surface area contributed by atoms with Gasteiger partial charge in [0.05, 0.1) is 5.56 Å². The smallest absolute Gasteiger partial charge is 0.386 e. The van der Waals surface area contributed by atoms with Crippen molar-refractivity contribution in [3.05, 3.63) is 59.7 Å². The Kier molecular flexibility index (Phi) is 4.30. The number of hydrogen-bond acceptors (Lipinski definition) is 3. The van der Waals surface area contributed by atoms with Gasteiger partial charge in [0, 0.05) is 23.4 Å². The molecule has 3 nitrogen and oxygen atoms in total. The molecule has 0 aromatic heterocycles. The lowest BCUT2D eigenvalue weighted by Gasteiger charge is -2.16. The average molecular weight is 385 g/mol. The second-order valence-corrected chi connectivity index (χ2v) is 5.97. The summed E-state index contributed by atoms with van der Waals surface area (Å²) in [5, 5.41) is 6.88. The van der Waals surface area contributed by atoms with E-state index in [9.17, 15) is 13.2 Å². The zero-order valence-corrected chi connectivity index (χ0v) is 13.4. The molecule has 1 aliphatic rings. The monoisotopic (exact) mass is 384 g/mol. The molecule has 3 rings (SSSR count). The molecule has 0 spiro atoms. The van der Waals surface area contributed by atoms with Crippen LogP contribution in [0.25, 0.3) is 0 Å². The van der Waals surface area contributed by atoms with Gasteiger partial charge in [0.1, 0.15) is 4.62 Å². The molecule has 23 heavy (non-hydrogen) atoms. The van der Waals surface area contributed by atoms with Crippen molar-refractivity contribution in [2.75, 3.05) is 5.32 Å². The number of oxime groups is 1. The fraction of sp³-hybridized carbons (Fsp3) is 0.188. The van der Waals surface area contributed by atoms with Crippen molar-refractivity contribution >= 4 is 31.9 Å². The van der Waals surface area contributed by atoms with Crippen LogP contribution in [0.2, 0.25) is 0 Å². The second-order valence-electron chi connectivity index (χ2n) is 5.06. The summed E-state index contributed by atoms with van der Waals surface area (Å²) in [6.45, 7) is 0. The van der Waals surface area contributed by atoms with Crippen molar-refractivity contribution in [3.63, 3.8) is 0 Å². The molecule has 0 amide bonds. The molecule has 0 radical (unpaired) electrons. The van der Waals surface area contributed by atoms with Crippen molar-refractivity contribution in [2.45, 2.75) is 18.7 Å². The van der Waals surface area contributed by atoms with Crippen LogP contribution >= 0.6 is 15.9 Å². The van der Waals surface area contributed by atoms with E-state index in [1.54, 1.807) is 12.1 Å². The average Bonchev–Trinajstić information content (AvgIpc) is 2.94. The van der Waals surface area contributed by atoms with Crippen LogP contribution in [-0.4, -0.2) is 4.62 Å². The Hall–Kier alpha value is -2.02. The van der Waals surface area contributed by atoms with Crippen molar-refractivity contribution in [3.8, 4) is 0 Å². The Morgan fingerprint density at radius 2 is 1.91 bits per heavy atom. The number of hydrogen-bond donors (Lipinski definition) is 1. The van der Waals surface area contributed by atoms with E-state index in [0.29, 0.717) is 22.4 Å². The molecular formula is C16H12BrF3N2O. The first-order chi connectivity index (χ1) is 10.9. The van der Waals surface area contributed by atoms with Gasteiger partial charge in [0.15, 0.2) is 6.10 Å². The predicted molar refractivity (Wildman–Crippen MR) is 86.0 cm³/mol. The molecule has 0 fully saturated rings. The van der Waals surface area contributed by atoms with Crippen LogP contribution in [0.1, 0.15) is 23.7 Å². The van der Waals surface area contributed by atoms with Gasteiger partial charge in [0.2, 0.25) is 0 Å². The van der Waals surface area contributed by atoms with E-state index in [0.717, 1.165) is 17.7 Å². The molecule has 1 aliphatic heterocycles. The number of nitrogens with zero attached hydrogens (tertiary/aromatic N) is 1. The summed E-state index contributed by atoms with van der Waals surface area (Å²) in [6, 6.07) is 12.4. The lowest BCUT2D eigenvalue weighted by Crippen LogP contribution is -2.06. The molecule has 1 N–H and O–H groups in total. The zero-order valence-electron chi connectivity index (χ0n) is 11.8. The van der Waals surface area contributed by atoms with Gasteiger partial charge < -0.3 is 10.2 Å². The first-order valence-corrected chi connectivity index (χ1v) is 7.64. The van der Waals surface area contributed by atoms with Crippen molar-refractivity contribution in [2.24, 2.45) is 5.16 Å². The quantitative estimate of drug-likeness (QED) is 0.744. The molecule has 2 aromatic rings. The number of alkyl halides is 3. The van der Waals surface area contributed by atoms with E-state index in [1.807, 2.05) is 18.2 Å². The summed E-state index contributed by atoms with van der Waals surface area (Å²) >= 11 is 3.28. The standard InChI is InChI=1S/C16H12BrF3N2O/c17-15-9-14(23-22-15)12-6-1-2-7-13(12)21-11-5-3-4-10(8-11)16(18,19)20/h1-8,14,21H,9H2. The summed E-state index contributed by atoms with van der Waals surface area (Å²) < 4.78 is 39.1. The van der Waals surface area contributed by atoms with Crippen LogP contribution in [-0.2, 0) is 11.0 Å². The molecule has 0 saturated carbocycles. The lowest BCUT2D eigenvalue weighted by atomic mass is 10.0. The number of halogens is 4. The van der Waals surface area contributed by atoms with Crippen molar-refractivity contribution in [1.82, 2.24) is 0 Å². The molecule has 1 atom stereocenters. The van der Waals surface area contributed by atoms with Gasteiger partial charge in [-0.2, -0.15) is 13.2 Å². The van der Waals surface area contributed by atoms with Gasteiger partial charge in [-0.25, -0.2) is 0 Å². The van der Waals surface area contributed by atoms with Crippen LogP contribution in [0, 0.1) is 0 Å². The summed E-state index contributed by atoms with van der Waals surface area (Å²) in [5.41, 5.74) is 1.20. The first kappa shape index (κ1) is 15.9. The Bertz CT molecular complexity index is 746. The minimum absolute atomic E-state index is 0.265. The highest BCUT2D eigenvalue weighted by Crippen LogP contribution is 2.36. The highest BCUT2D eigenvalue weighted by Gasteiger charge is 2.30. The molecule has 120 valence electrons. The molecule has 0 saturated heterocycles. The fourth-order valence-electron chi connectivity index (χ4n) is 2.34. The maximum Gasteiger partial charge on any atom is 0.416 e. The third kappa shape index (κ3) is 3.67. The number of anilines is 2. The van der Waals surface area contributed by atoms with Gasteiger partial charge in [0.25, 0.3) is 0 Å². The summed E-state index contributed by atoms with van der Waals surface area (Å²) in [5.74, 6) is 0. The first-order valence-electron chi connectivity index (χ1n) is 6.85. The van der Waals surface area contributed by atoms with Crippen LogP contribution in [0.3, 0.4) is 0 Å². The molecule has 2 aromatic carbocycles. The van der Waals surface area contributed by atoms with Gasteiger partial charge in [-0.3, -0.25) is 0 Å². The minimum atomic E-state index is -4.37. The zero-order chi connectivity index (χ0) is 16.4. The number of benzene rings is 2. The Morgan fingerprint density at radius 1 is 1.13 bits per heavy atom. The van der Waals surface area contributed by atoms with E-state index >= 15 is 0 Å². The molecule has 1 unspecified atom stereocenters. The highest BCUT2D eigenvalue weighted by molar-refractivity contribution is 9.18. The van der Waals surface area contributed by atoms with E-state index in [2.05, 4.69) is 26.4 Å². The fourth-order valence-corrected chi connectivity index (χ4v) is 2.71. The van der Waals surface area contributed by atoms with Crippen LogP contribution in [0.5, 0.6) is 0 Å². The third-order valence-corrected chi connectivity index (χ3v) is 3.88. The Labute approximate surface area is 139 Å². The van der Waals surface area contributed by atoms with E-state index in [4.69, 9.17) is 4.84 Å². The van der Waals surface area contributed by atoms with E-state index in [-0.39, 0.29) is 6.10 Å². The summed E-state index contributed by atoms with van der Waals surface area (Å²) in [6.07, 6.45) is -4.05. The highest BCUT2D eigenvalue weighted by atomic mass is 79.9. The topological polar surface area (TPSA) is 33.6 Å². The largest absolute Gasteiger partial charge is 0.416 e. The van der Waals surface area contributed by atoms with Gasteiger partial charge >= 0.3 is 6.18 Å². The van der Waals surface area contributed by atoms with Crippen LogP contribution in [0.15, 0.2) is 53.7 Å². The molecule has 0 aliphatic carbocycles. The van der Waals surface area contributed by atoms with Gasteiger partial charge in [-0.05, 0) is 40.2 Å². The van der Waals surface area contributed by atoms with Crippen molar-refractivity contribution in [1.29, 1.82) is 0 Å². The van der Waals surface area contributed by atoms with Gasteiger partial charge in [-0.1, -0.05) is 29.4 Å². The lowest BCUT2D eigenvalue weighted by molar-refractivity contribution is -0.137. The molecule has 0 bridgehead atoms. The van der Waals surface area contributed by atoms with E-state index in [1.165, 1.54) is 6.07 Å². The molecule has 1 heterocycles. The molecule has 7 heteroatoms. The SMILES string of the molecule is FC(F)(F)c1cccc(Nc2ccccc2C2CC(Br)=NO2)c1. The van der Waals surface area contributed by atoms with Crippen LogP contribution < -0.4 is 5.32 Å². The maximum absolute atomic E-state index is 12.8. The summed E-state index contributed by atoms with van der Waals surface area (Å²) in [7, 11) is 0. The second kappa shape index (κ2) is 6.23. The summed E-state index contributed by atoms with van der Waals surface area (Å²) in [4.78, 5) is 5.33. The van der Waals surface area contributed by atoms with Gasteiger partial charge in [-0.15, -0.1) is 0 Å². The van der Waals surface area contributed by atoms with E-state index < -0.39 is 11.7 Å². The predicted octanol–water partition coefficient (Wildman–Crippen LogP) is 5.62. The van der Waals surface area contributed by atoms with Crippen molar-refractivity contribution < 1.29 is 18.0 Å². The third-order valence-electron chi connectivity index (χ3n) is 3.41. The maximum atomic E-state index is 12.8.